The normalized spacial score (nSPS) is 8.67. The molecule has 0 fully saturated rings. The van der Waals surface area contributed by atoms with Gasteiger partial charge in [-0.2, -0.15) is 0 Å². The van der Waals surface area contributed by atoms with Crippen LogP contribution < -0.4 is 0 Å². The molecule has 0 bridgehead atoms. The molecule has 0 aromatic rings. The minimum atomic E-state index is -0.526. The van der Waals surface area contributed by atoms with Crippen LogP contribution in [0.1, 0.15) is 0 Å². The number of esters is 1. The molecule has 0 aromatic heterocycles. The maximum atomic E-state index is 10.3. The van der Waals surface area contributed by atoms with Gasteiger partial charge in [0.25, 0.3) is 0 Å². The lowest BCUT2D eigenvalue weighted by Crippen LogP contribution is -2.05. The van der Waals surface area contributed by atoms with Gasteiger partial charge in [0.15, 0.2) is 0 Å². The maximum Gasteiger partial charge on any atom is 0.325 e. The predicted octanol–water partition coefficient (Wildman–Crippen LogP) is 1.52. The Labute approximate surface area is 63.4 Å². The minimum Gasteiger partial charge on any atom is -0.430 e. The monoisotopic (exact) mass is 168 g/mol. The summed E-state index contributed by atoms with van der Waals surface area (Å²) in [5, 5.41) is 0. The highest BCUT2D eigenvalue weighted by Gasteiger charge is 2.00. The van der Waals surface area contributed by atoms with Gasteiger partial charge in [-0.1, -0.05) is 6.58 Å². The molecule has 0 unspecified atom stereocenters. The molecule has 0 aliphatic heterocycles. The molecule has 0 amide bonds. The average Bonchev–Trinajstić information content (AvgIpc) is 1.87. The standard InChI is InChI=1S/C5H6Cl2O2/c1-4(2-6)9-5(8)3-7/h1-3H2. The summed E-state index contributed by atoms with van der Waals surface area (Å²) in [6.07, 6.45) is 0. The highest BCUT2D eigenvalue weighted by Crippen LogP contribution is 1.97. The molecule has 0 saturated heterocycles. The van der Waals surface area contributed by atoms with Crippen molar-refractivity contribution in [1.29, 1.82) is 0 Å². The highest BCUT2D eigenvalue weighted by atomic mass is 35.5. The fourth-order valence-corrected chi connectivity index (χ4v) is 0.325. The van der Waals surface area contributed by atoms with Gasteiger partial charge in [0.2, 0.25) is 0 Å². The van der Waals surface area contributed by atoms with Crippen molar-refractivity contribution in [3.05, 3.63) is 12.3 Å². The van der Waals surface area contributed by atoms with Crippen LogP contribution in [0.4, 0.5) is 0 Å². The number of alkyl halides is 2. The fourth-order valence-electron chi connectivity index (χ4n) is 0.216. The topological polar surface area (TPSA) is 26.3 Å². The van der Waals surface area contributed by atoms with Gasteiger partial charge in [-0.25, -0.2) is 0 Å². The number of allylic oxidation sites excluding steroid dienone is 1. The summed E-state index contributed by atoms with van der Waals surface area (Å²) in [7, 11) is 0. The molecule has 0 aromatic carbocycles. The van der Waals surface area contributed by atoms with Gasteiger partial charge < -0.3 is 4.74 Å². The largest absolute Gasteiger partial charge is 0.430 e. The lowest BCUT2D eigenvalue weighted by atomic mass is 10.6. The Balaban J connectivity index is 3.47. The molecule has 0 rings (SSSR count). The molecule has 9 heavy (non-hydrogen) atoms. The molecule has 0 heterocycles. The van der Waals surface area contributed by atoms with Gasteiger partial charge in [0.1, 0.15) is 11.6 Å². The third-order valence-corrected chi connectivity index (χ3v) is 1.03. The van der Waals surface area contributed by atoms with Crippen molar-refractivity contribution in [2.45, 2.75) is 0 Å². The van der Waals surface area contributed by atoms with Gasteiger partial charge in [0.05, 0.1) is 5.88 Å². The molecular formula is C5H6Cl2O2. The Bertz CT molecular complexity index is 108. The first kappa shape index (κ1) is 8.79. The van der Waals surface area contributed by atoms with E-state index in [1.165, 1.54) is 0 Å². The summed E-state index contributed by atoms with van der Waals surface area (Å²) in [4.78, 5) is 10.3. The first-order valence-electron chi connectivity index (χ1n) is 2.21. The summed E-state index contributed by atoms with van der Waals surface area (Å²) < 4.78 is 4.45. The summed E-state index contributed by atoms with van der Waals surface area (Å²) in [5.74, 6) is -0.358. The first-order valence-corrected chi connectivity index (χ1v) is 3.28. The summed E-state index contributed by atoms with van der Waals surface area (Å²) in [6.45, 7) is 3.33. The van der Waals surface area contributed by atoms with Crippen molar-refractivity contribution in [3.63, 3.8) is 0 Å². The number of carbonyl (C=O) groups is 1. The summed E-state index contributed by atoms with van der Waals surface area (Å²) in [6, 6.07) is 0. The zero-order valence-electron chi connectivity index (χ0n) is 4.69. The van der Waals surface area contributed by atoms with Crippen molar-refractivity contribution in [2.24, 2.45) is 0 Å². The van der Waals surface area contributed by atoms with E-state index in [0.717, 1.165) is 0 Å². The Morgan fingerprint density at radius 2 is 2.00 bits per heavy atom. The van der Waals surface area contributed by atoms with Crippen LogP contribution in [0.3, 0.4) is 0 Å². The van der Waals surface area contributed by atoms with Crippen molar-refractivity contribution in [2.75, 3.05) is 11.8 Å². The van der Waals surface area contributed by atoms with Crippen LogP contribution in [-0.2, 0) is 9.53 Å². The van der Waals surface area contributed by atoms with Gasteiger partial charge in [-0.15, -0.1) is 23.2 Å². The van der Waals surface area contributed by atoms with Crippen LogP contribution in [-0.4, -0.2) is 17.7 Å². The first-order chi connectivity index (χ1) is 4.20. The van der Waals surface area contributed by atoms with Crippen LogP contribution in [0.25, 0.3) is 0 Å². The molecule has 0 atom stereocenters. The van der Waals surface area contributed by atoms with Crippen LogP contribution in [0.5, 0.6) is 0 Å². The number of halogens is 2. The van der Waals surface area contributed by atoms with Gasteiger partial charge in [0, 0.05) is 0 Å². The Morgan fingerprint density at radius 3 is 2.33 bits per heavy atom. The number of ether oxygens (including phenoxy) is 1. The van der Waals surface area contributed by atoms with E-state index in [4.69, 9.17) is 23.2 Å². The number of carbonyl (C=O) groups excluding carboxylic acids is 1. The lowest BCUT2D eigenvalue weighted by molar-refractivity contribution is -0.136. The third kappa shape index (κ3) is 4.30. The molecule has 0 saturated carbocycles. The van der Waals surface area contributed by atoms with Crippen molar-refractivity contribution in [1.82, 2.24) is 0 Å². The van der Waals surface area contributed by atoms with Crippen LogP contribution >= 0.6 is 23.2 Å². The third-order valence-electron chi connectivity index (χ3n) is 0.516. The van der Waals surface area contributed by atoms with Gasteiger partial charge in [-0.05, 0) is 0 Å². The van der Waals surface area contributed by atoms with Crippen molar-refractivity contribution >= 4 is 29.2 Å². The summed E-state index contributed by atoms with van der Waals surface area (Å²) in [5.41, 5.74) is 0. The fraction of sp³-hybridized carbons (Fsp3) is 0.400. The van der Waals surface area contributed by atoms with Crippen LogP contribution in [0.15, 0.2) is 12.3 Å². The molecule has 0 radical (unpaired) electrons. The zero-order valence-corrected chi connectivity index (χ0v) is 6.21. The van der Waals surface area contributed by atoms with E-state index in [1.807, 2.05) is 0 Å². The van der Waals surface area contributed by atoms with Gasteiger partial charge in [-0.3, -0.25) is 4.79 Å². The van der Waals surface area contributed by atoms with Crippen LogP contribution in [0.2, 0.25) is 0 Å². The highest BCUT2D eigenvalue weighted by molar-refractivity contribution is 6.26. The van der Waals surface area contributed by atoms with E-state index >= 15 is 0 Å². The molecule has 52 valence electrons. The second-order valence-electron chi connectivity index (χ2n) is 1.28. The second-order valence-corrected chi connectivity index (χ2v) is 1.81. The molecule has 2 nitrogen and oxygen atoms in total. The van der Waals surface area contributed by atoms with Crippen molar-refractivity contribution in [3.8, 4) is 0 Å². The van der Waals surface area contributed by atoms with E-state index in [2.05, 4.69) is 11.3 Å². The molecular weight excluding hydrogens is 163 g/mol. The van der Waals surface area contributed by atoms with Crippen LogP contribution in [0, 0.1) is 0 Å². The zero-order chi connectivity index (χ0) is 7.28. The second kappa shape index (κ2) is 4.65. The number of rotatable bonds is 3. The summed E-state index contributed by atoms with van der Waals surface area (Å²) >= 11 is 10.3. The lowest BCUT2D eigenvalue weighted by Gasteiger charge is -1.99. The quantitative estimate of drug-likeness (QED) is 0.363. The SMILES string of the molecule is C=C(CCl)OC(=O)CCl. The van der Waals surface area contributed by atoms with Crippen molar-refractivity contribution < 1.29 is 9.53 Å². The smallest absolute Gasteiger partial charge is 0.325 e. The molecule has 0 aliphatic rings. The van der Waals surface area contributed by atoms with E-state index in [-0.39, 0.29) is 17.5 Å². The number of hydrogen-bond donors (Lipinski definition) is 0. The Morgan fingerprint density at radius 1 is 1.44 bits per heavy atom. The number of hydrogen-bond acceptors (Lipinski definition) is 2. The van der Waals surface area contributed by atoms with E-state index in [0.29, 0.717) is 0 Å². The maximum absolute atomic E-state index is 10.3. The predicted molar refractivity (Wildman–Crippen MR) is 36.7 cm³/mol. The molecule has 0 aliphatic carbocycles. The Kier molecular flexibility index (Phi) is 4.54. The molecule has 4 heteroatoms. The molecule has 0 N–H and O–H groups in total. The van der Waals surface area contributed by atoms with E-state index < -0.39 is 5.97 Å². The van der Waals surface area contributed by atoms with Gasteiger partial charge >= 0.3 is 5.97 Å². The van der Waals surface area contributed by atoms with E-state index in [9.17, 15) is 4.79 Å². The van der Waals surface area contributed by atoms with E-state index in [1.54, 1.807) is 0 Å². The minimum absolute atomic E-state index is 0.114. The average molecular weight is 169 g/mol. The Hall–Kier alpha value is -0.210. The molecule has 0 spiro atoms.